The Bertz CT molecular complexity index is 147. The Morgan fingerprint density at radius 1 is 1.73 bits per heavy atom. The van der Waals surface area contributed by atoms with Crippen molar-refractivity contribution < 1.29 is 9.53 Å². The highest BCUT2D eigenvalue weighted by atomic mass is 16.6. The molecule has 0 N–H and O–H groups in total. The Hall–Kier alpha value is -0.730. The Morgan fingerprint density at radius 2 is 2.45 bits per heavy atom. The monoisotopic (exact) mass is 157 g/mol. The van der Waals surface area contributed by atoms with Crippen LogP contribution in [0.3, 0.4) is 0 Å². The van der Waals surface area contributed by atoms with Crippen molar-refractivity contribution >= 4 is 6.09 Å². The van der Waals surface area contributed by atoms with Gasteiger partial charge in [-0.05, 0) is 13.3 Å². The van der Waals surface area contributed by atoms with E-state index in [1.807, 2.05) is 6.92 Å². The standard InChI is InChI=1S/C8H15NO2/c1-3-4-5-9-7(2)6-11-8(9)10/h7H,3-6H2,1-2H3. The van der Waals surface area contributed by atoms with Crippen LogP contribution in [0.25, 0.3) is 0 Å². The van der Waals surface area contributed by atoms with E-state index in [4.69, 9.17) is 4.74 Å². The fourth-order valence-corrected chi connectivity index (χ4v) is 1.18. The van der Waals surface area contributed by atoms with Crippen LogP contribution in [-0.4, -0.2) is 30.2 Å². The molecule has 1 saturated heterocycles. The summed E-state index contributed by atoms with van der Waals surface area (Å²) in [5, 5.41) is 0. The van der Waals surface area contributed by atoms with Crippen molar-refractivity contribution in [2.45, 2.75) is 32.7 Å². The normalized spacial score (nSPS) is 24.0. The molecule has 64 valence electrons. The smallest absolute Gasteiger partial charge is 0.410 e. The number of ether oxygens (including phenoxy) is 1. The Balaban J connectivity index is 2.35. The number of unbranched alkanes of at least 4 members (excludes halogenated alkanes) is 1. The zero-order chi connectivity index (χ0) is 8.27. The van der Waals surface area contributed by atoms with E-state index in [-0.39, 0.29) is 12.1 Å². The minimum absolute atomic E-state index is 0.147. The predicted molar refractivity (Wildman–Crippen MR) is 42.4 cm³/mol. The number of carbonyl (C=O) groups excluding carboxylic acids is 1. The summed E-state index contributed by atoms with van der Waals surface area (Å²) in [5.41, 5.74) is 0. The first-order valence-electron chi connectivity index (χ1n) is 4.19. The Labute approximate surface area is 67.3 Å². The van der Waals surface area contributed by atoms with Gasteiger partial charge in [-0.2, -0.15) is 0 Å². The summed E-state index contributed by atoms with van der Waals surface area (Å²) in [4.78, 5) is 12.8. The lowest BCUT2D eigenvalue weighted by Gasteiger charge is -2.16. The van der Waals surface area contributed by atoms with Gasteiger partial charge >= 0.3 is 6.09 Å². The molecule has 1 amide bonds. The SMILES string of the molecule is CCCCN1C(=O)OCC1C. The molecular weight excluding hydrogens is 142 g/mol. The number of nitrogens with zero attached hydrogens (tertiary/aromatic N) is 1. The van der Waals surface area contributed by atoms with Crippen molar-refractivity contribution in [3.8, 4) is 0 Å². The molecule has 1 rings (SSSR count). The predicted octanol–water partition coefficient (Wildman–Crippen LogP) is 1.63. The molecule has 0 spiro atoms. The van der Waals surface area contributed by atoms with Gasteiger partial charge in [0.1, 0.15) is 6.61 Å². The third-order valence-electron chi connectivity index (χ3n) is 1.97. The zero-order valence-corrected chi connectivity index (χ0v) is 7.17. The van der Waals surface area contributed by atoms with Gasteiger partial charge in [0.05, 0.1) is 6.04 Å². The molecule has 0 aromatic carbocycles. The van der Waals surface area contributed by atoms with Gasteiger partial charge in [0, 0.05) is 6.54 Å². The van der Waals surface area contributed by atoms with E-state index < -0.39 is 0 Å². The van der Waals surface area contributed by atoms with Crippen LogP contribution >= 0.6 is 0 Å². The molecule has 1 aliphatic heterocycles. The highest BCUT2D eigenvalue weighted by Gasteiger charge is 2.28. The highest BCUT2D eigenvalue weighted by Crippen LogP contribution is 2.11. The van der Waals surface area contributed by atoms with Gasteiger partial charge in [0.2, 0.25) is 0 Å². The number of hydrogen-bond donors (Lipinski definition) is 0. The van der Waals surface area contributed by atoms with Gasteiger partial charge in [0.25, 0.3) is 0 Å². The molecule has 11 heavy (non-hydrogen) atoms. The van der Waals surface area contributed by atoms with Crippen molar-refractivity contribution in [3.63, 3.8) is 0 Å². The molecule has 0 aromatic heterocycles. The topological polar surface area (TPSA) is 29.5 Å². The number of cyclic esters (lactones) is 1. The average Bonchev–Trinajstić information content (AvgIpc) is 2.29. The number of hydrogen-bond acceptors (Lipinski definition) is 2. The van der Waals surface area contributed by atoms with E-state index in [1.165, 1.54) is 0 Å². The molecule has 0 radical (unpaired) electrons. The fourth-order valence-electron chi connectivity index (χ4n) is 1.18. The van der Waals surface area contributed by atoms with Crippen LogP contribution in [0.4, 0.5) is 4.79 Å². The van der Waals surface area contributed by atoms with Gasteiger partial charge in [-0.3, -0.25) is 0 Å². The zero-order valence-electron chi connectivity index (χ0n) is 7.17. The van der Waals surface area contributed by atoms with Crippen LogP contribution in [0.15, 0.2) is 0 Å². The van der Waals surface area contributed by atoms with Gasteiger partial charge < -0.3 is 9.64 Å². The van der Waals surface area contributed by atoms with Crippen LogP contribution < -0.4 is 0 Å². The summed E-state index contributed by atoms with van der Waals surface area (Å²) in [5.74, 6) is 0. The van der Waals surface area contributed by atoms with Gasteiger partial charge in [-0.15, -0.1) is 0 Å². The summed E-state index contributed by atoms with van der Waals surface area (Å²) in [7, 11) is 0. The van der Waals surface area contributed by atoms with E-state index >= 15 is 0 Å². The number of amides is 1. The van der Waals surface area contributed by atoms with Gasteiger partial charge in [0.15, 0.2) is 0 Å². The molecule has 1 unspecified atom stereocenters. The molecule has 1 atom stereocenters. The summed E-state index contributed by atoms with van der Waals surface area (Å²) in [6.45, 7) is 5.53. The largest absolute Gasteiger partial charge is 0.447 e. The first-order chi connectivity index (χ1) is 5.25. The highest BCUT2D eigenvalue weighted by molar-refractivity contribution is 5.69. The Kier molecular flexibility index (Phi) is 2.74. The van der Waals surface area contributed by atoms with Crippen LogP contribution in [0.2, 0.25) is 0 Å². The molecule has 3 nitrogen and oxygen atoms in total. The van der Waals surface area contributed by atoms with Crippen molar-refractivity contribution in [1.82, 2.24) is 4.90 Å². The van der Waals surface area contributed by atoms with E-state index in [1.54, 1.807) is 4.90 Å². The molecule has 0 bridgehead atoms. The molecular formula is C8H15NO2. The molecule has 0 aliphatic carbocycles. The van der Waals surface area contributed by atoms with E-state index in [9.17, 15) is 4.79 Å². The lowest BCUT2D eigenvalue weighted by molar-refractivity contribution is 0.157. The van der Waals surface area contributed by atoms with Gasteiger partial charge in [-0.1, -0.05) is 13.3 Å². The van der Waals surface area contributed by atoms with Crippen molar-refractivity contribution in [2.75, 3.05) is 13.2 Å². The van der Waals surface area contributed by atoms with Crippen LogP contribution in [0, 0.1) is 0 Å². The fraction of sp³-hybridized carbons (Fsp3) is 0.875. The maximum absolute atomic E-state index is 11.0. The first-order valence-corrected chi connectivity index (χ1v) is 4.19. The molecule has 1 aliphatic rings. The lowest BCUT2D eigenvalue weighted by Crippen LogP contribution is -2.31. The third kappa shape index (κ3) is 1.85. The second-order valence-corrected chi connectivity index (χ2v) is 2.97. The van der Waals surface area contributed by atoms with E-state index in [0.717, 1.165) is 19.4 Å². The number of rotatable bonds is 3. The van der Waals surface area contributed by atoms with Crippen molar-refractivity contribution in [1.29, 1.82) is 0 Å². The quantitative estimate of drug-likeness (QED) is 0.623. The second kappa shape index (κ2) is 3.60. The minimum atomic E-state index is -0.147. The molecule has 3 heteroatoms. The van der Waals surface area contributed by atoms with Crippen molar-refractivity contribution in [2.24, 2.45) is 0 Å². The lowest BCUT2D eigenvalue weighted by atomic mass is 10.3. The van der Waals surface area contributed by atoms with E-state index in [2.05, 4.69) is 6.92 Å². The summed E-state index contributed by atoms with van der Waals surface area (Å²) in [6, 6.07) is 0.272. The Morgan fingerprint density at radius 3 is 2.91 bits per heavy atom. The minimum Gasteiger partial charge on any atom is -0.447 e. The summed E-state index contributed by atoms with van der Waals surface area (Å²) in [6.07, 6.45) is 2.04. The molecule has 1 fully saturated rings. The third-order valence-corrected chi connectivity index (χ3v) is 1.97. The molecule has 0 saturated carbocycles. The average molecular weight is 157 g/mol. The first kappa shape index (κ1) is 8.37. The molecule has 0 aromatic rings. The van der Waals surface area contributed by atoms with Crippen molar-refractivity contribution in [3.05, 3.63) is 0 Å². The number of carbonyl (C=O) groups is 1. The second-order valence-electron chi connectivity index (χ2n) is 2.97. The van der Waals surface area contributed by atoms with Crippen LogP contribution in [0.1, 0.15) is 26.7 Å². The van der Waals surface area contributed by atoms with E-state index in [0.29, 0.717) is 6.61 Å². The maximum Gasteiger partial charge on any atom is 0.410 e. The van der Waals surface area contributed by atoms with Crippen LogP contribution in [-0.2, 0) is 4.74 Å². The van der Waals surface area contributed by atoms with Crippen LogP contribution in [0.5, 0.6) is 0 Å². The maximum atomic E-state index is 11.0. The summed E-state index contributed by atoms with van der Waals surface area (Å²) >= 11 is 0. The van der Waals surface area contributed by atoms with Gasteiger partial charge in [-0.25, -0.2) is 4.79 Å². The molecule has 1 heterocycles. The summed E-state index contributed by atoms with van der Waals surface area (Å²) < 4.78 is 4.86.